The predicted molar refractivity (Wildman–Crippen MR) is 92.9 cm³/mol. The number of aromatic nitrogens is 2. The summed E-state index contributed by atoms with van der Waals surface area (Å²) in [6.45, 7) is 2.92. The normalized spacial score (nSPS) is 12.1. The summed E-state index contributed by atoms with van der Waals surface area (Å²) in [5.41, 5.74) is 1.47. The second kappa shape index (κ2) is 6.45. The molecular weight excluding hydrogens is 328 g/mol. The fraction of sp³-hybridized carbons (Fsp3) is 0.167. The molecule has 1 atom stereocenters. The van der Waals surface area contributed by atoms with Crippen molar-refractivity contribution in [2.75, 3.05) is 0 Å². The number of hydrogen-bond donors (Lipinski definition) is 0. The summed E-state index contributed by atoms with van der Waals surface area (Å²) in [4.78, 5) is 28.0. The zero-order valence-corrected chi connectivity index (χ0v) is 13.9. The summed E-state index contributed by atoms with van der Waals surface area (Å²) < 4.78 is 6.50. The van der Waals surface area contributed by atoms with Crippen molar-refractivity contribution >= 4 is 28.5 Å². The topological polar surface area (TPSA) is 61.2 Å². The molecule has 0 radical (unpaired) electrons. The second-order valence-corrected chi connectivity index (χ2v) is 5.79. The van der Waals surface area contributed by atoms with E-state index in [0.717, 1.165) is 5.56 Å². The number of halogens is 1. The Kier molecular flexibility index (Phi) is 4.36. The number of nitrogens with zero attached hydrogens (tertiary/aromatic N) is 2. The van der Waals surface area contributed by atoms with Gasteiger partial charge in [-0.1, -0.05) is 41.9 Å². The molecule has 0 bridgehead atoms. The Balaban J connectivity index is 2.32. The van der Waals surface area contributed by atoms with Crippen LogP contribution in [0, 0.1) is 0 Å². The molecule has 1 heterocycles. The molecule has 1 aromatic heterocycles. The van der Waals surface area contributed by atoms with Crippen LogP contribution in [0.25, 0.3) is 22.2 Å². The first kappa shape index (κ1) is 16.2. The van der Waals surface area contributed by atoms with Crippen LogP contribution in [0.4, 0.5) is 0 Å². The van der Waals surface area contributed by atoms with Crippen LogP contribution < -0.4 is 5.69 Å². The van der Waals surface area contributed by atoms with E-state index >= 15 is 0 Å². The molecule has 0 amide bonds. The van der Waals surface area contributed by atoms with E-state index in [1.807, 2.05) is 30.3 Å². The Hall–Kier alpha value is -2.66. The minimum absolute atomic E-state index is 0.469. The van der Waals surface area contributed by atoms with E-state index in [2.05, 4.69) is 4.98 Å². The molecule has 122 valence electrons. The number of rotatable bonds is 3. The van der Waals surface area contributed by atoms with Gasteiger partial charge in [-0.3, -0.25) is 9.36 Å². The van der Waals surface area contributed by atoms with Gasteiger partial charge in [0.25, 0.3) is 0 Å². The van der Waals surface area contributed by atoms with Crippen molar-refractivity contribution in [1.82, 2.24) is 9.55 Å². The second-order valence-electron chi connectivity index (χ2n) is 5.35. The van der Waals surface area contributed by atoms with Crippen LogP contribution in [0.3, 0.4) is 0 Å². The first-order valence-corrected chi connectivity index (χ1v) is 7.79. The highest BCUT2D eigenvalue weighted by Crippen LogP contribution is 2.29. The minimum atomic E-state index is -0.768. The lowest BCUT2D eigenvalue weighted by Crippen LogP contribution is -2.29. The monoisotopic (exact) mass is 342 g/mol. The highest BCUT2D eigenvalue weighted by molar-refractivity contribution is 6.31. The Morgan fingerprint density at radius 2 is 1.92 bits per heavy atom. The standard InChI is InChI=1S/C18H15ClN2O3/c1-11(24-12(2)22)21-16-9-8-14(19)10-15(16)17(20-18(21)23)13-6-4-3-5-7-13/h3-11H,1-2H3. The highest BCUT2D eigenvalue weighted by atomic mass is 35.5. The van der Waals surface area contributed by atoms with Crippen LogP contribution in [0.15, 0.2) is 53.3 Å². The van der Waals surface area contributed by atoms with E-state index in [4.69, 9.17) is 16.3 Å². The van der Waals surface area contributed by atoms with Gasteiger partial charge in [0.15, 0.2) is 6.23 Å². The van der Waals surface area contributed by atoms with Crippen molar-refractivity contribution in [3.8, 4) is 11.3 Å². The SMILES string of the molecule is CC(=O)OC(C)n1c(=O)nc(-c2ccccc2)c2cc(Cl)ccc21. The Morgan fingerprint density at radius 1 is 1.21 bits per heavy atom. The molecule has 3 aromatic rings. The third-order valence-corrected chi connectivity index (χ3v) is 3.87. The van der Waals surface area contributed by atoms with Gasteiger partial charge in [0.2, 0.25) is 0 Å². The molecule has 24 heavy (non-hydrogen) atoms. The van der Waals surface area contributed by atoms with E-state index < -0.39 is 17.9 Å². The largest absolute Gasteiger partial charge is 0.442 e. The Labute approximate surface area is 143 Å². The number of hydrogen-bond acceptors (Lipinski definition) is 4. The maximum absolute atomic E-state index is 12.6. The molecule has 0 N–H and O–H groups in total. The van der Waals surface area contributed by atoms with E-state index in [1.54, 1.807) is 25.1 Å². The average Bonchev–Trinajstić information content (AvgIpc) is 2.54. The van der Waals surface area contributed by atoms with Crippen LogP contribution in [-0.4, -0.2) is 15.5 Å². The van der Waals surface area contributed by atoms with Gasteiger partial charge in [-0.05, 0) is 25.1 Å². The lowest BCUT2D eigenvalue weighted by molar-refractivity contribution is -0.149. The number of carbonyl (C=O) groups excluding carboxylic acids is 1. The summed E-state index contributed by atoms with van der Waals surface area (Å²) in [5.74, 6) is -0.469. The quantitative estimate of drug-likeness (QED) is 0.679. The summed E-state index contributed by atoms with van der Waals surface area (Å²) in [6.07, 6.45) is -0.768. The fourth-order valence-electron chi connectivity index (χ4n) is 2.68. The third-order valence-electron chi connectivity index (χ3n) is 3.63. The zero-order chi connectivity index (χ0) is 17.3. The summed E-state index contributed by atoms with van der Waals surface area (Å²) in [7, 11) is 0. The van der Waals surface area contributed by atoms with Gasteiger partial charge >= 0.3 is 11.7 Å². The molecule has 0 saturated carbocycles. The maximum atomic E-state index is 12.6. The smallest absolute Gasteiger partial charge is 0.351 e. The number of ether oxygens (including phenoxy) is 1. The summed E-state index contributed by atoms with van der Waals surface area (Å²) in [6, 6.07) is 14.6. The zero-order valence-electron chi connectivity index (χ0n) is 13.2. The maximum Gasteiger partial charge on any atom is 0.351 e. The van der Waals surface area contributed by atoms with Crippen molar-refractivity contribution in [2.24, 2.45) is 0 Å². The Morgan fingerprint density at radius 3 is 2.58 bits per heavy atom. The molecule has 6 heteroatoms. The van der Waals surface area contributed by atoms with Gasteiger partial charge in [0.05, 0.1) is 11.2 Å². The first-order valence-electron chi connectivity index (χ1n) is 7.42. The number of benzene rings is 2. The molecule has 2 aromatic carbocycles. The van der Waals surface area contributed by atoms with Gasteiger partial charge in [0, 0.05) is 22.9 Å². The first-order chi connectivity index (χ1) is 11.5. The molecule has 3 rings (SSSR count). The molecule has 0 saturated heterocycles. The molecule has 0 aliphatic heterocycles. The number of fused-ring (bicyclic) bond motifs is 1. The van der Waals surface area contributed by atoms with Crippen LogP contribution in [0.1, 0.15) is 20.1 Å². The van der Waals surface area contributed by atoms with Gasteiger partial charge in [-0.2, -0.15) is 4.98 Å². The molecule has 0 spiro atoms. The molecule has 0 aliphatic rings. The van der Waals surface area contributed by atoms with Crippen molar-refractivity contribution in [2.45, 2.75) is 20.1 Å². The predicted octanol–water partition coefficient (Wildman–Crippen LogP) is 3.80. The van der Waals surface area contributed by atoms with Crippen LogP contribution in [0.2, 0.25) is 5.02 Å². The van der Waals surface area contributed by atoms with Gasteiger partial charge in [0.1, 0.15) is 0 Å². The molecule has 5 nitrogen and oxygen atoms in total. The average molecular weight is 343 g/mol. The number of carbonyl (C=O) groups is 1. The summed E-state index contributed by atoms with van der Waals surface area (Å²) >= 11 is 6.13. The van der Waals surface area contributed by atoms with Crippen LogP contribution >= 0.6 is 11.6 Å². The van der Waals surface area contributed by atoms with E-state index in [-0.39, 0.29) is 0 Å². The van der Waals surface area contributed by atoms with Gasteiger partial charge < -0.3 is 4.74 Å². The lowest BCUT2D eigenvalue weighted by Gasteiger charge is -2.18. The fourth-order valence-corrected chi connectivity index (χ4v) is 2.85. The van der Waals surface area contributed by atoms with Gasteiger partial charge in [-0.25, -0.2) is 4.79 Å². The van der Waals surface area contributed by atoms with E-state index in [9.17, 15) is 9.59 Å². The molecular formula is C18H15ClN2O3. The Bertz CT molecular complexity index is 967. The van der Waals surface area contributed by atoms with Crippen molar-refractivity contribution in [3.63, 3.8) is 0 Å². The van der Waals surface area contributed by atoms with Crippen molar-refractivity contribution < 1.29 is 9.53 Å². The van der Waals surface area contributed by atoms with Crippen LogP contribution in [-0.2, 0) is 9.53 Å². The third kappa shape index (κ3) is 3.03. The molecule has 0 aliphatic carbocycles. The molecule has 0 fully saturated rings. The van der Waals surface area contributed by atoms with E-state index in [1.165, 1.54) is 11.5 Å². The minimum Gasteiger partial charge on any atom is -0.442 e. The van der Waals surface area contributed by atoms with E-state index in [0.29, 0.717) is 21.6 Å². The lowest BCUT2D eigenvalue weighted by atomic mass is 10.1. The van der Waals surface area contributed by atoms with Crippen molar-refractivity contribution in [1.29, 1.82) is 0 Å². The number of esters is 1. The highest BCUT2D eigenvalue weighted by Gasteiger charge is 2.17. The molecule has 1 unspecified atom stereocenters. The summed E-state index contributed by atoms with van der Waals surface area (Å²) in [5, 5.41) is 1.25. The van der Waals surface area contributed by atoms with Crippen LogP contribution in [0.5, 0.6) is 0 Å². The van der Waals surface area contributed by atoms with Crippen molar-refractivity contribution in [3.05, 3.63) is 64.0 Å². The van der Waals surface area contributed by atoms with Gasteiger partial charge in [-0.15, -0.1) is 0 Å².